The number of rotatable bonds is 5. The van der Waals surface area contributed by atoms with Crippen LogP contribution in [0.5, 0.6) is 5.75 Å². The molecule has 6 nitrogen and oxygen atoms in total. The number of aromatic carboxylic acids is 1. The minimum atomic E-state index is -1.24. The fraction of sp³-hybridized carbons (Fsp3) is 0.429. The summed E-state index contributed by atoms with van der Waals surface area (Å²) in [5.74, 6) is -1.75. The zero-order valence-corrected chi connectivity index (χ0v) is 11.0. The van der Waals surface area contributed by atoms with E-state index in [9.17, 15) is 14.7 Å². The summed E-state index contributed by atoms with van der Waals surface area (Å²) in [6.07, 6.45) is 3.15. The molecule has 1 aromatic carbocycles. The van der Waals surface area contributed by atoms with Crippen LogP contribution in [0.1, 0.15) is 36.0 Å². The maximum absolute atomic E-state index is 11.8. The van der Waals surface area contributed by atoms with E-state index < -0.39 is 5.97 Å². The molecule has 1 amide bonds. The molecule has 1 atom stereocenters. The number of carbonyl (C=O) groups excluding carboxylic acids is 1. The molecular weight excluding hydrogens is 262 g/mol. The van der Waals surface area contributed by atoms with Crippen LogP contribution in [0.4, 0.5) is 5.69 Å². The Hall–Kier alpha value is -2.08. The maximum atomic E-state index is 11.8. The second-order valence-corrected chi connectivity index (χ2v) is 4.76. The Balaban J connectivity index is 1.90. The van der Waals surface area contributed by atoms with Gasteiger partial charge in [0.05, 0.1) is 6.10 Å². The second kappa shape index (κ2) is 6.38. The van der Waals surface area contributed by atoms with Crippen molar-refractivity contribution in [2.45, 2.75) is 31.8 Å². The molecule has 1 saturated heterocycles. The number of phenols is 1. The van der Waals surface area contributed by atoms with Gasteiger partial charge in [0.1, 0.15) is 11.3 Å². The van der Waals surface area contributed by atoms with E-state index in [4.69, 9.17) is 9.84 Å². The van der Waals surface area contributed by atoms with Crippen molar-refractivity contribution >= 4 is 17.6 Å². The van der Waals surface area contributed by atoms with E-state index >= 15 is 0 Å². The van der Waals surface area contributed by atoms with Crippen molar-refractivity contribution < 1.29 is 24.5 Å². The lowest BCUT2D eigenvalue weighted by Gasteiger charge is -2.10. The molecule has 0 aromatic heterocycles. The molecule has 2 rings (SSSR count). The van der Waals surface area contributed by atoms with E-state index in [1.165, 1.54) is 18.2 Å². The summed E-state index contributed by atoms with van der Waals surface area (Å²) in [7, 11) is 0. The Bertz CT molecular complexity index is 508. The minimum Gasteiger partial charge on any atom is -0.507 e. The molecule has 1 aromatic rings. The molecule has 0 bridgehead atoms. The first-order valence-electron chi connectivity index (χ1n) is 6.54. The van der Waals surface area contributed by atoms with Crippen LogP contribution in [-0.2, 0) is 9.53 Å². The summed E-state index contributed by atoms with van der Waals surface area (Å²) < 4.78 is 5.43. The smallest absolute Gasteiger partial charge is 0.339 e. The summed E-state index contributed by atoms with van der Waals surface area (Å²) in [4.78, 5) is 22.6. The highest BCUT2D eigenvalue weighted by molar-refractivity contribution is 5.95. The predicted octanol–water partition coefficient (Wildman–Crippen LogP) is 1.99. The summed E-state index contributed by atoms with van der Waals surface area (Å²) in [5, 5.41) is 20.9. The number of hydrogen-bond acceptors (Lipinski definition) is 4. The van der Waals surface area contributed by atoms with Crippen molar-refractivity contribution in [1.82, 2.24) is 0 Å². The predicted molar refractivity (Wildman–Crippen MR) is 71.9 cm³/mol. The van der Waals surface area contributed by atoms with Crippen LogP contribution < -0.4 is 5.32 Å². The van der Waals surface area contributed by atoms with E-state index in [0.29, 0.717) is 18.5 Å². The van der Waals surface area contributed by atoms with Crippen LogP contribution in [-0.4, -0.2) is 34.8 Å². The lowest BCUT2D eigenvalue weighted by Crippen LogP contribution is -2.15. The third-order valence-electron chi connectivity index (χ3n) is 3.23. The molecular formula is C14H17NO5. The average Bonchev–Trinajstić information content (AvgIpc) is 2.91. The van der Waals surface area contributed by atoms with Crippen LogP contribution >= 0.6 is 0 Å². The van der Waals surface area contributed by atoms with E-state index in [1.807, 2.05) is 0 Å². The van der Waals surface area contributed by atoms with Crippen LogP contribution in [0.25, 0.3) is 0 Å². The van der Waals surface area contributed by atoms with Crippen LogP contribution in [0.3, 0.4) is 0 Å². The van der Waals surface area contributed by atoms with Crippen LogP contribution in [0.2, 0.25) is 0 Å². The molecule has 3 N–H and O–H groups in total. The molecule has 0 spiro atoms. The number of aromatic hydroxyl groups is 1. The van der Waals surface area contributed by atoms with Crippen molar-refractivity contribution in [3.63, 3.8) is 0 Å². The summed E-state index contributed by atoms with van der Waals surface area (Å²) in [5.41, 5.74) is 0.125. The van der Waals surface area contributed by atoms with Gasteiger partial charge in [-0.3, -0.25) is 4.79 Å². The third kappa shape index (κ3) is 3.71. The number of anilines is 1. The van der Waals surface area contributed by atoms with Gasteiger partial charge in [-0.15, -0.1) is 0 Å². The Kier molecular flexibility index (Phi) is 4.57. The fourth-order valence-electron chi connectivity index (χ4n) is 2.17. The van der Waals surface area contributed by atoms with Crippen molar-refractivity contribution in [3.8, 4) is 5.75 Å². The van der Waals surface area contributed by atoms with Gasteiger partial charge in [-0.2, -0.15) is 0 Å². The molecule has 1 heterocycles. The first kappa shape index (κ1) is 14.3. The highest BCUT2D eigenvalue weighted by Gasteiger charge is 2.17. The van der Waals surface area contributed by atoms with Gasteiger partial charge in [-0.05, 0) is 37.5 Å². The lowest BCUT2D eigenvalue weighted by atomic mass is 10.1. The Labute approximate surface area is 116 Å². The topological polar surface area (TPSA) is 95.9 Å². The average molecular weight is 279 g/mol. The van der Waals surface area contributed by atoms with E-state index in [1.54, 1.807) is 0 Å². The van der Waals surface area contributed by atoms with Gasteiger partial charge in [0.2, 0.25) is 5.91 Å². The molecule has 0 unspecified atom stereocenters. The minimum absolute atomic E-state index is 0.148. The second-order valence-electron chi connectivity index (χ2n) is 4.76. The number of carboxylic acid groups (broad SMARTS) is 1. The molecule has 1 fully saturated rings. The number of carboxylic acids is 1. The monoisotopic (exact) mass is 279 g/mol. The molecule has 0 radical (unpaired) electrons. The van der Waals surface area contributed by atoms with Gasteiger partial charge in [-0.25, -0.2) is 4.79 Å². The number of nitrogens with one attached hydrogen (secondary N) is 1. The summed E-state index contributed by atoms with van der Waals surface area (Å²) in [6, 6.07) is 3.95. The van der Waals surface area contributed by atoms with Gasteiger partial charge < -0.3 is 20.3 Å². The number of carbonyl (C=O) groups is 2. The van der Waals surface area contributed by atoms with Gasteiger partial charge in [0, 0.05) is 18.7 Å². The number of amides is 1. The van der Waals surface area contributed by atoms with Gasteiger partial charge >= 0.3 is 5.97 Å². The molecule has 108 valence electrons. The molecule has 0 saturated carbocycles. The highest BCUT2D eigenvalue weighted by Crippen LogP contribution is 2.22. The fourth-order valence-corrected chi connectivity index (χ4v) is 2.17. The van der Waals surface area contributed by atoms with Gasteiger partial charge in [0.25, 0.3) is 0 Å². The van der Waals surface area contributed by atoms with Crippen molar-refractivity contribution in [1.29, 1.82) is 0 Å². The summed E-state index contributed by atoms with van der Waals surface area (Å²) >= 11 is 0. The molecule has 1 aliphatic heterocycles. The first-order valence-corrected chi connectivity index (χ1v) is 6.54. The normalized spacial score (nSPS) is 17.9. The first-order chi connectivity index (χ1) is 9.56. The highest BCUT2D eigenvalue weighted by atomic mass is 16.5. The Morgan fingerprint density at radius 1 is 1.40 bits per heavy atom. The van der Waals surface area contributed by atoms with Gasteiger partial charge in [0.15, 0.2) is 0 Å². The number of benzene rings is 1. The van der Waals surface area contributed by atoms with Crippen molar-refractivity contribution in [2.75, 3.05) is 11.9 Å². The molecule has 20 heavy (non-hydrogen) atoms. The van der Waals surface area contributed by atoms with E-state index in [0.717, 1.165) is 19.4 Å². The van der Waals surface area contributed by atoms with Crippen molar-refractivity contribution in [3.05, 3.63) is 23.8 Å². The van der Waals surface area contributed by atoms with E-state index in [-0.39, 0.29) is 23.3 Å². The van der Waals surface area contributed by atoms with Crippen LogP contribution in [0.15, 0.2) is 18.2 Å². The zero-order chi connectivity index (χ0) is 14.5. The van der Waals surface area contributed by atoms with Crippen LogP contribution in [0, 0.1) is 0 Å². The largest absolute Gasteiger partial charge is 0.507 e. The Morgan fingerprint density at radius 3 is 2.85 bits per heavy atom. The quantitative estimate of drug-likeness (QED) is 0.716. The maximum Gasteiger partial charge on any atom is 0.339 e. The van der Waals surface area contributed by atoms with E-state index in [2.05, 4.69) is 5.32 Å². The molecule has 0 aliphatic carbocycles. The lowest BCUT2D eigenvalue weighted by molar-refractivity contribution is -0.116. The number of hydrogen-bond donors (Lipinski definition) is 3. The zero-order valence-electron chi connectivity index (χ0n) is 11.0. The standard InChI is InChI=1S/C14H17NO5/c16-12-5-3-9(8-11(12)14(18)19)15-13(17)6-4-10-2-1-7-20-10/h3,5,8,10,16H,1-2,4,6-7H2,(H,15,17)(H,18,19)/t10-/m0/s1. The third-order valence-corrected chi connectivity index (χ3v) is 3.23. The molecule has 1 aliphatic rings. The Morgan fingerprint density at radius 2 is 2.20 bits per heavy atom. The molecule has 6 heteroatoms. The van der Waals surface area contributed by atoms with Crippen molar-refractivity contribution in [2.24, 2.45) is 0 Å². The SMILES string of the molecule is O=C(CC[C@@H]1CCCO1)Nc1ccc(O)c(C(=O)O)c1. The number of ether oxygens (including phenoxy) is 1. The van der Waals surface area contributed by atoms with Gasteiger partial charge in [-0.1, -0.05) is 0 Å². The summed E-state index contributed by atoms with van der Waals surface area (Å²) in [6.45, 7) is 0.756.